The molecule has 0 saturated heterocycles. The Labute approximate surface area is 139 Å². The first kappa shape index (κ1) is 17.6. The molecule has 0 radical (unpaired) electrons. The Morgan fingerprint density at radius 1 is 1.08 bits per heavy atom. The molecule has 2 aromatic rings. The molecule has 0 aromatic heterocycles. The molecule has 0 heterocycles. The number of anilines is 1. The molecule has 6 heteroatoms. The quantitative estimate of drug-likeness (QED) is 0.752. The number of aliphatic hydroxyl groups excluding tert-OH is 1. The molecular formula is C18H19FN2O3. The number of nitrogens with one attached hydrogen (secondary N) is 2. The highest BCUT2D eigenvalue weighted by atomic mass is 19.1. The lowest BCUT2D eigenvalue weighted by atomic mass is 10.0. The minimum Gasteiger partial charge on any atom is -0.387 e. The van der Waals surface area contributed by atoms with Crippen molar-refractivity contribution in [3.05, 3.63) is 65.0 Å². The zero-order valence-corrected chi connectivity index (χ0v) is 13.5. The van der Waals surface area contributed by atoms with E-state index in [-0.39, 0.29) is 12.2 Å². The average molecular weight is 330 g/mol. The molecule has 3 N–H and O–H groups in total. The molecule has 0 aliphatic carbocycles. The lowest BCUT2D eigenvalue weighted by molar-refractivity contribution is -0.136. The molecule has 1 atom stereocenters. The van der Waals surface area contributed by atoms with E-state index in [1.807, 2.05) is 19.1 Å². The smallest absolute Gasteiger partial charge is 0.313 e. The van der Waals surface area contributed by atoms with Crippen molar-refractivity contribution in [2.75, 3.05) is 11.9 Å². The van der Waals surface area contributed by atoms with Crippen molar-refractivity contribution < 1.29 is 19.1 Å². The highest BCUT2D eigenvalue weighted by molar-refractivity contribution is 6.39. The van der Waals surface area contributed by atoms with Gasteiger partial charge in [0.25, 0.3) is 0 Å². The summed E-state index contributed by atoms with van der Waals surface area (Å²) in [6, 6.07) is 11.1. The van der Waals surface area contributed by atoms with Crippen molar-refractivity contribution in [3.63, 3.8) is 0 Å². The van der Waals surface area contributed by atoms with Gasteiger partial charge in [-0.1, -0.05) is 30.3 Å². The molecule has 126 valence electrons. The summed E-state index contributed by atoms with van der Waals surface area (Å²) in [5.41, 5.74) is 2.44. The second-order valence-corrected chi connectivity index (χ2v) is 5.50. The maximum absolute atomic E-state index is 13.2. The molecule has 0 aliphatic heterocycles. The summed E-state index contributed by atoms with van der Waals surface area (Å²) in [5, 5.41) is 14.8. The number of hydrogen-bond acceptors (Lipinski definition) is 3. The van der Waals surface area contributed by atoms with Gasteiger partial charge in [0, 0.05) is 12.2 Å². The van der Waals surface area contributed by atoms with Crippen LogP contribution in [0.4, 0.5) is 10.1 Å². The molecule has 5 nitrogen and oxygen atoms in total. The standard InChI is InChI=1S/C18H19FN2O3/c1-11-5-3-4-6-14(11)16(22)10-20-17(23)18(24)21-15-9-13(19)8-7-12(15)2/h3-9,16,22H,10H2,1-2H3,(H,20,23)(H,21,24). The van der Waals surface area contributed by atoms with Gasteiger partial charge >= 0.3 is 11.8 Å². The first-order valence-corrected chi connectivity index (χ1v) is 7.47. The predicted molar refractivity (Wildman–Crippen MR) is 88.9 cm³/mol. The SMILES string of the molecule is Cc1ccc(F)cc1NC(=O)C(=O)NCC(O)c1ccccc1C. The summed E-state index contributed by atoms with van der Waals surface area (Å²) in [4.78, 5) is 23.7. The van der Waals surface area contributed by atoms with Crippen LogP contribution >= 0.6 is 0 Å². The van der Waals surface area contributed by atoms with Crippen molar-refractivity contribution in [2.24, 2.45) is 0 Å². The topological polar surface area (TPSA) is 78.4 Å². The average Bonchev–Trinajstić information content (AvgIpc) is 2.56. The van der Waals surface area contributed by atoms with Crippen molar-refractivity contribution in [1.29, 1.82) is 0 Å². The molecule has 0 aliphatic rings. The summed E-state index contributed by atoms with van der Waals surface area (Å²) in [6.45, 7) is 3.44. The van der Waals surface area contributed by atoms with Crippen LogP contribution in [0.1, 0.15) is 22.8 Å². The van der Waals surface area contributed by atoms with Gasteiger partial charge in [-0.05, 0) is 42.7 Å². The van der Waals surface area contributed by atoms with Crippen molar-refractivity contribution in [3.8, 4) is 0 Å². The minimum absolute atomic E-state index is 0.0980. The Morgan fingerprint density at radius 2 is 1.79 bits per heavy atom. The molecule has 0 saturated carbocycles. The molecule has 2 aromatic carbocycles. The second kappa shape index (κ2) is 7.70. The zero-order chi connectivity index (χ0) is 17.7. The third-order valence-electron chi connectivity index (χ3n) is 3.66. The van der Waals surface area contributed by atoms with Gasteiger partial charge in [-0.15, -0.1) is 0 Å². The number of aliphatic hydroxyl groups is 1. The first-order chi connectivity index (χ1) is 11.4. The van der Waals surface area contributed by atoms with Gasteiger partial charge in [-0.3, -0.25) is 9.59 Å². The van der Waals surface area contributed by atoms with Crippen LogP contribution in [0.5, 0.6) is 0 Å². The van der Waals surface area contributed by atoms with E-state index in [0.29, 0.717) is 11.1 Å². The number of carbonyl (C=O) groups excluding carboxylic acids is 2. The fraction of sp³-hybridized carbons (Fsp3) is 0.222. The van der Waals surface area contributed by atoms with Crippen LogP contribution < -0.4 is 10.6 Å². The Hall–Kier alpha value is -2.73. The fourth-order valence-corrected chi connectivity index (χ4v) is 2.25. The van der Waals surface area contributed by atoms with E-state index in [1.54, 1.807) is 19.1 Å². The van der Waals surface area contributed by atoms with Crippen LogP contribution in [-0.2, 0) is 9.59 Å². The lowest BCUT2D eigenvalue weighted by Crippen LogP contribution is -2.37. The fourth-order valence-electron chi connectivity index (χ4n) is 2.25. The molecule has 0 bridgehead atoms. The Bertz CT molecular complexity index is 762. The number of rotatable bonds is 4. The zero-order valence-electron chi connectivity index (χ0n) is 13.5. The lowest BCUT2D eigenvalue weighted by Gasteiger charge is -2.14. The van der Waals surface area contributed by atoms with Gasteiger partial charge in [0.1, 0.15) is 5.82 Å². The minimum atomic E-state index is -0.918. The highest BCUT2D eigenvalue weighted by Crippen LogP contribution is 2.17. The Balaban J connectivity index is 1.93. The Kier molecular flexibility index (Phi) is 5.65. The van der Waals surface area contributed by atoms with Gasteiger partial charge in [-0.2, -0.15) is 0 Å². The van der Waals surface area contributed by atoms with E-state index in [4.69, 9.17) is 0 Å². The van der Waals surface area contributed by atoms with Gasteiger partial charge in [0.05, 0.1) is 6.10 Å². The van der Waals surface area contributed by atoms with E-state index >= 15 is 0 Å². The summed E-state index contributed by atoms with van der Waals surface area (Å²) in [6.07, 6.45) is -0.918. The number of halogens is 1. The molecule has 0 fully saturated rings. The van der Waals surface area contributed by atoms with E-state index < -0.39 is 23.7 Å². The van der Waals surface area contributed by atoms with Gasteiger partial charge in [-0.25, -0.2) is 4.39 Å². The molecule has 0 spiro atoms. The maximum atomic E-state index is 13.2. The molecule has 2 rings (SSSR count). The van der Waals surface area contributed by atoms with E-state index in [9.17, 15) is 19.1 Å². The van der Waals surface area contributed by atoms with Crippen molar-refractivity contribution in [2.45, 2.75) is 20.0 Å². The van der Waals surface area contributed by atoms with Crippen LogP contribution in [-0.4, -0.2) is 23.5 Å². The highest BCUT2D eigenvalue weighted by Gasteiger charge is 2.17. The van der Waals surface area contributed by atoms with Gasteiger partial charge in [0.15, 0.2) is 0 Å². The second-order valence-electron chi connectivity index (χ2n) is 5.50. The number of amides is 2. The van der Waals surface area contributed by atoms with Crippen LogP contribution in [0.25, 0.3) is 0 Å². The number of aryl methyl sites for hydroxylation is 2. The van der Waals surface area contributed by atoms with Gasteiger partial charge in [0.2, 0.25) is 0 Å². The number of hydrogen-bond donors (Lipinski definition) is 3. The summed E-state index contributed by atoms with van der Waals surface area (Å²) in [5.74, 6) is -2.32. The summed E-state index contributed by atoms with van der Waals surface area (Å²) >= 11 is 0. The van der Waals surface area contributed by atoms with Crippen LogP contribution in [0.3, 0.4) is 0 Å². The molecule has 1 unspecified atom stereocenters. The van der Waals surface area contributed by atoms with Crippen LogP contribution in [0, 0.1) is 19.7 Å². The normalized spacial score (nSPS) is 11.7. The predicted octanol–water partition coefficient (Wildman–Crippen LogP) is 2.23. The number of carbonyl (C=O) groups is 2. The van der Waals surface area contributed by atoms with E-state index in [1.165, 1.54) is 12.1 Å². The largest absolute Gasteiger partial charge is 0.387 e. The molecular weight excluding hydrogens is 311 g/mol. The first-order valence-electron chi connectivity index (χ1n) is 7.47. The summed E-state index contributed by atoms with van der Waals surface area (Å²) in [7, 11) is 0. The van der Waals surface area contributed by atoms with E-state index in [0.717, 1.165) is 11.6 Å². The monoisotopic (exact) mass is 330 g/mol. The van der Waals surface area contributed by atoms with Gasteiger partial charge < -0.3 is 15.7 Å². The van der Waals surface area contributed by atoms with Crippen LogP contribution in [0.2, 0.25) is 0 Å². The van der Waals surface area contributed by atoms with Crippen LogP contribution in [0.15, 0.2) is 42.5 Å². The maximum Gasteiger partial charge on any atom is 0.313 e. The Morgan fingerprint density at radius 3 is 2.50 bits per heavy atom. The summed E-state index contributed by atoms with van der Waals surface area (Å²) < 4.78 is 13.2. The molecule has 24 heavy (non-hydrogen) atoms. The molecule has 2 amide bonds. The van der Waals surface area contributed by atoms with E-state index in [2.05, 4.69) is 10.6 Å². The van der Waals surface area contributed by atoms with Crippen molar-refractivity contribution >= 4 is 17.5 Å². The number of benzene rings is 2. The van der Waals surface area contributed by atoms with Crippen molar-refractivity contribution in [1.82, 2.24) is 5.32 Å². The third kappa shape index (κ3) is 4.39. The third-order valence-corrected chi connectivity index (χ3v) is 3.66.